The van der Waals surface area contributed by atoms with Crippen molar-refractivity contribution in [3.63, 3.8) is 0 Å². The van der Waals surface area contributed by atoms with Crippen molar-refractivity contribution in [3.05, 3.63) is 35.9 Å². The van der Waals surface area contributed by atoms with Crippen molar-refractivity contribution in [2.24, 2.45) is 5.73 Å². The Morgan fingerprint density at radius 2 is 2.21 bits per heavy atom. The maximum Gasteiger partial charge on any atom is 0.321 e. The van der Waals surface area contributed by atoms with Gasteiger partial charge >= 0.3 is 5.97 Å². The molecule has 3 N–H and O–H groups in total. The van der Waals surface area contributed by atoms with Gasteiger partial charge in [-0.05, 0) is 5.56 Å². The van der Waals surface area contributed by atoms with Gasteiger partial charge in [0.2, 0.25) is 0 Å². The summed E-state index contributed by atoms with van der Waals surface area (Å²) in [7, 11) is 0. The zero-order valence-electron chi connectivity index (χ0n) is 8.64. The molecule has 4 heteroatoms. The molecular weight excluding hydrogens is 198 g/mol. The fraction of sp³-hybridized carbons (Fsp3) is 0.300. The number of aliphatic carboxylic acids is 1. The Hall–Kier alpha value is -1.00. The first-order chi connectivity index (χ1) is 7.02. The van der Waals surface area contributed by atoms with Gasteiger partial charge in [-0.2, -0.15) is 11.8 Å². The Labute approximate surface area is 88.7 Å². The molecule has 1 aromatic carbocycles. The van der Waals surface area contributed by atoms with E-state index in [1.165, 1.54) is 11.8 Å². The highest BCUT2D eigenvalue weighted by Crippen LogP contribution is 2.11. The molecule has 0 aliphatic carbocycles. The van der Waals surface area contributed by atoms with Gasteiger partial charge in [0.1, 0.15) is 6.02 Å². The molecule has 0 amide bonds. The third-order valence-electron chi connectivity index (χ3n) is 1.64. The van der Waals surface area contributed by atoms with E-state index < -0.39 is 12.0 Å². The van der Waals surface area contributed by atoms with E-state index in [2.05, 4.69) is 0 Å². The number of hydrogen-bond donors (Lipinski definition) is 2. The summed E-state index contributed by atoms with van der Waals surface area (Å²) in [4.78, 5) is 10.5. The number of benzene rings is 1. The predicted octanol–water partition coefficient (Wildman–Crippen LogP) is 1.33. The van der Waals surface area contributed by atoms with Crippen molar-refractivity contribution < 1.29 is 11.3 Å². The lowest BCUT2D eigenvalue weighted by Crippen LogP contribution is -2.32. The van der Waals surface area contributed by atoms with Crippen LogP contribution < -0.4 is 5.73 Å². The van der Waals surface area contributed by atoms with E-state index in [0.717, 1.165) is 5.56 Å². The molecule has 0 bridgehead atoms. The van der Waals surface area contributed by atoms with Crippen molar-refractivity contribution >= 4 is 17.7 Å². The molecule has 0 saturated carbocycles. The van der Waals surface area contributed by atoms with E-state index >= 15 is 0 Å². The fourth-order valence-electron chi connectivity index (χ4n) is 0.915. The van der Waals surface area contributed by atoms with E-state index in [-0.39, 0.29) is 5.75 Å². The van der Waals surface area contributed by atoms with Crippen LogP contribution in [0.3, 0.4) is 0 Å². The number of thioether (sulfide) groups is 1. The highest BCUT2D eigenvalue weighted by Gasteiger charge is 2.10. The highest BCUT2D eigenvalue weighted by molar-refractivity contribution is 7.98. The predicted molar refractivity (Wildman–Crippen MR) is 58.2 cm³/mol. The third-order valence-corrected chi connectivity index (χ3v) is 2.70. The standard InChI is InChI=1S/C10H13NO2S/c11-9(10(12)13)7-14-6-8-4-2-1-3-5-8/h1-5,9H,6-7,11H2,(H,12,13)/t9-/m0/s1/i9D. The SMILES string of the molecule is [2H][C@](N)(CSCc1ccccc1)C(=O)O. The Balaban J connectivity index is 2.37. The average Bonchev–Trinajstić information content (AvgIpc) is 2.19. The summed E-state index contributed by atoms with van der Waals surface area (Å²) < 4.78 is 7.30. The molecule has 0 spiro atoms. The second kappa shape index (κ2) is 5.67. The van der Waals surface area contributed by atoms with Crippen LogP contribution in [0.25, 0.3) is 0 Å². The molecular formula is C10H13NO2S. The first-order valence-corrected chi connectivity index (χ1v) is 5.32. The van der Waals surface area contributed by atoms with E-state index in [0.29, 0.717) is 5.75 Å². The van der Waals surface area contributed by atoms with Gasteiger partial charge in [-0.25, -0.2) is 0 Å². The topological polar surface area (TPSA) is 63.3 Å². The van der Waals surface area contributed by atoms with Crippen LogP contribution in [0, 0.1) is 0 Å². The maximum atomic E-state index is 10.5. The van der Waals surface area contributed by atoms with Crippen LogP contribution in [0.1, 0.15) is 6.93 Å². The number of hydrogen-bond acceptors (Lipinski definition) is 3. The molecule has 76 valence electrons. The quantitative estimate of drug-likeness (QED) is 0.773. The van der Waals surface area contributed by atoms with Crippen LogP contribution in [0.4, 0.5) is 0 Å². The Bertz CT molecular complexity index is 329. The molecule has 0 saturated heterocycles. The van der Waals surface area contributed by atoms with Gasteiger partial charge in [0.15, 0.2) is 0 Å². The molecule has 1 rings (SSSR count). The van der Waals surface area contributed by atoms with Gasteiger partial charge in [-0.15, -0.1) is 0 Å². The summed E-state index contributed by atoms with van der Waals surface area (Å²) in [6.07, 6.45) is 0. The van der Waals surface area contributed by atoms with E-state index in [9.17, 15) is 4.79 Å². The lowest BCUT2D eigenvalue weighted by molar-refractivity contribution is -0.137. The third kappa shape index (κ3) is 3.81. The summed E-state index contributed by atoms with van der Waals surface area (Å²) in [6.45, 7) is 0. The zero-order chi connectivity index (χ0) is 11.3. The molecule has 0 aromatic heterocycles. The summed E-state index contributed by atoms with van der Waals surface area (Å²) in [6, 6.07) is 7.78. The number of nitrogens with two attached hydrogens (primary N) is 1. The minimum Gasteiger partial charge on any atom is -0.480 e. The van der Waals surface area contributed by atoms with Crippen molar-refractivity contribution in [2.75, 3.05) is 5.75 Å². The number of carbonyl (C=O) groups is 1. The van der Waals surface area contributed by atoms with Crippen LogP contribution >= 0.6 is 11.8 Å². The summed E-state index contributed by atoms with van der Waals surface area (Å²) in [5, 5.41) is 8.61. The van der Waals surface area contributed by atoms with E-state index in [1.54, 1.807) is 0 Å². The molecule has 0 radical (unpaired) electrons. The Morgan fingerprint density at radius 3 is 2.79 bits per heavy atom. The zero-order valence-corrected chi connectivity index (χ0v) is 8.46. The molecule has 0 fully saturated rings. The molecule has 1 atom stereocenters. The Morgan fingerprint density at radius 1 is 1.57 bits per heavy atom. The maximum absolute atomic E-state index is 10.5. The molecule has 0 aliphatic heterocycles. The fourth-order valence-corrected chi connectivity index (χ4v) is 1.79. The second-order valence-corrected chi connectivity index (χ2v) is 3.79. The van der Waals surface area contributed by atoms with Crippen LogP contribution in [0.2, 0.25) is 0 Å². The number of carboxylic acid groups (broad SMARTS) is 1. The van der Waals surface area contributed by atoms with Crippen LogP contribution in [0.5, 0.6) is 0 Å². The van der Waals surface area contributed by atoms with Gasteiger partial charge in [-0.1, -0.05) is 30.3 Å². The first kappa shape index (κ1) is 9.55. The monoisotopic (exact) mass is 212 g/mol. The molecule has 1 aromatic rings. The molecule has 0 aliphatic rings. The smallest absolute Gasteiger partial charge is 0.321 e. The number of carboxylic acids is 1. The van der Waals surface area contributed by atoms with Crippen LogP contribution in [0.15, 0.2) is 30.3 Å². The minimum absolute atomic E-state index is 0.0806. The van der Waals surface area contributed by atoms with Crippen molar-refractivity contribution in [2.45, 2.75) is 11.8 Å². The lowest BCUT2D eigenvalue weighted by atomic mass is 10.2. The molecule has 0 unspecified atom stereocenters. The van der Waals surface area contributed by atoms with Crippen molar-refractivity contribution in [1.82, 2.24) is 0 Å². The number of rotatable bonds is 5. The first-order valence-electron chi connectivity index (χ1n) is 4.66. The summed E-state index contributed by atoms with van der Waals surface area (Å²) >= 11 is 1.35. The summed E-state index contributed by atoms with van der Waals surface area (Å²) in [5.74, 6) is -0.536. The van der Waals surface area contributed by atoms with Gasteiger partial charge < -0.3 is 10.8 Å². The largest absolute Gasteiger partial charge is 0.480 e. The second-order valence-electron chi connectivity index (χ2n) is 2.81. The van der Waals surface area contributed by atoms with E-state index in [4.69, 9.17) is 12.2 Å². The molecule has 0 heterocycles. The minimum atomic E-state index is -1.89. The van der Waals surface area contributed by atoms with Crippen LogP contribution in [-0.4, -0.2) is 22.8 Å². The average molecular weight is 212 g/mol. The van der Waals surface area contributed by atoms with Crippen molar-refractivity contribution in [1.29, 1.82) is 0 Å². The molecule has 3 nitrogen and oxygen atoms in total. The van der Waals surface area contributed by atoms with E-state index in [1.807, 2.05) is 30.3 Å². The van der Waals surface area contributed by atoms with Gasteiger partial charge in [0.25, 0.3) is 0 Å². The van der Waals surface area contributed by atoms with Crippen molar-refractivity contribution in [3.8, 4) is 0 Å². The van der Waals surface area contributed by atoms with Gasteiger partial charge in [0.05, 0.1) is 1.37 Å². The van der Waals surface area contributed by atoms with Crippen LogP contribution in [-0.2, 0) is 10.5 Å². The van der Waals surface area contributed by atoms with Gasteiger partial charge in [-0.3, -0.25) is 4.79 Å². The normalized spacial score (nSPS) is 15.6. The lowest BCUT2D eigenvalue weighted by Gasteiger charge is -2.05. The Kier molecular flexibility index (Phi) is 3.87. The summed E-state index contributed by atoms with van der Waals surface area (Å²) in [5.41, 5.74) is 6.37. The van der Waals surface area contributed by atoms with Gasteiger partial charge in [0, 0.05) is 11.5 Å². The molecule has 14 heavy (non-hydrogen) atoms. The highest BCUT2D eigenvalue weighted by atomic mass is 32.2.